The first-order chi connectivity index (χ1) is 53.1. The first kappa shape index (κ1) is 88.6. The Morgan fingerprint density at radius 3 is 1.16 bits per heavy atom. The van der Waals surface area contributed by atoms with E-state index in [1.807, 2.05) is 0 Å². The van der Waals surface area contributed by atoms with Crippen molar-refractivity contribution in [1.82, 2.24) is 0 Å². The van der Waals surface area contributed by atoms with Gasteiger partial charge < -0.3 is 209 Å². The Morgan fingerprint density at radius 2 is 0.723 bits per heavy atom. The molecule has 0 aromatic carbocycles. The van der Waals surface area contributed by atoms with Gasteiger partial charge in [0.15, 0.2) is 44.0 Å². The molecule has 0 aromatic rings. The van der Waals surface area contributed by atoms with Crippen molar-refractivity contribution < 1.29 is 213 Å². The molecule has 8 saturated heterocycles. The topological polar surface area (TPSA) is 691 Å². The number of hydrogen-bond donors (Lipinski definition) is 26. The van der Waals surface area contributed by atoms with Gasteiger partial charge >= 0.3 is 5.97 Å². The predicted octanol–water partition coefficient (Wildman–Crippen LogP) is -13.7. The van der Waals surface area contributed by atoms with Crippen LogP contribution in [0.2, 0.25) is 0 Å². The molecule has 8 aliphatic heterocycles. The highest BCUT2D eigenvalue weighted by Gasteiger charge is 2.71. The largest absolute Gasteiger partial charge is 0.432 e. The predicted molar refractivity (Wildman–Crippen MR) is 353 cm³/mol. The van der Waals surface area contributed by atoms with Gasteiger partial charge in [0.1, 0.15) is 201 Å². The van der Waals surface area contributed by atoms with Crippen LogP contribution in [0.25, 0.3) is 0 Å². The maximum Gasteiger partial charge on any atom is 0.314 e. The van der Waals surface area contributed by atoms with Crippen LogP contribution in [0.4, 0.5) is 0 Å². The van der Waals surface area contributed by atoms with Crippen LogP contribution in [-0.4, -0.2) is 443 Å². The average molecular weight is 1630 g/mol. The van der Waals surface area contributed by atoms with Crippen molar-refractivity contribution >= 4 is 5.97 Å². The van der Waals surface area contributed by atoms with Crippen LogP contribution < -0.4 is 0 Å². The van der Waals surface area contributed by atoms with Gasteiger partial charge in [-0.2, -0.15) is 0 Å². The van der Waals surface area contributed by atoms with E-state index in [4.69, 9.17) is 75.8 Å². The molecule has 12 aliphatic rings. The van der Waals surface area contributed by atoms with Crippen LogP contribution in [0.15, 0.2) is 17.9 Å². The Balaban J connectivity index is 0.739. The minimum Gasteiger partial charge on any atom is -0.432 e. The molecule has 12 fully saturated rings. The molecule has 12 rings (SSSR count). The third kappa shape index (κ3) is 16.1. The molecule has 43 heteroatoms. The fraction of sp³-hybridized carbons (Fsp3) is 0.942. The van der Waals surface area contributed by atoms with Crippen molar-refractivity contribution in [1.29, 1.82) is 0 Å². The number of aliphatic hydroxyl groups is 26. The highest BCUT2D eigenvalue weighted by Crippen LogP contribution is 2.74. The molecule has 46 unspecified atom stereocenters. The summed E-state index contributed by atoms with van der Waals surface area (Å²) in [4.78, 5) is 14.9. The summed E-state index contributed by atoms with van der Waals surface area (Å²) in [5.41, 5.74) is -0.347. The van der Waals surface area contributed by atoms with Gasteiger partial charge in [-0.3, -0.25) is 4.79 Å². The summed E-state index contributed by atoms with van der Waals surface area (Å²) in [6.07, 6.45) is -73.4. The number of carbonyl (C=O) groups excluding carboxylic acids is 1. The Labute approximate surface area is 639 Å². The molecule has 2 bridgehead atoms. The van der Waals surface area contributed by atoms with Crippen molar-refractivity contribution in [3.05, 3.63) is 17.9 Å². The van der Waals surface area contributed by atoms with Crippen molar-refractivity contribution in [3.63, 3.8) is 0 Å². The quantitative estimate of drug-likeness (QED) is 0.0242. The van der Waals surface area contributed by atoms with E-state index in [0.717, 1.165) is 0 Å². The normalized spacial score (nSPS) is 54.0. The summed E-state index contributed by atoms with van der Waals surface area (Å²) in [6, 6.07) is 0. The summed E-state index contributed by atoms with van der Waals surface area (Å²) < 4.78 is 95.0. The first-order valence-electron chi connectivity index (χ1n) is 37.7. The Morgan fingerprint density at radius 1 is 0.375 bits per heavy atom. The smallest absolute Gasteiger partial charge is 0.314 e. The standard InChI is InChI=1S/C69H110O43/c1-4-22-12-68-10-6-31-66(2,8-5-9-67(31,3)65(96)111-63-48(92)41(85)36(80)30(105-63)20-97-57-45(89)38(82)33(77)23(13-70)98-57)32(68)7-11-69(22,21-68)112-64-56(110-59-47(91)40(84)35(79)25(15-72)100-59)55(37(81)26(16-73)101-64)109-62-51(95)44(88)54(29(19-76)104-62)108-61-50(94)43(87)53(28(18-75)103-61)107-60-49(93)42(86)52(27(17-74)102-60)106-58-46(90)39(83)34(78)24(14-71)99-58/h23-64,70-95H,1,5-21H2,2-3H3. The zero-order valence-electron chi connectivity index (χ0n) is 61.0. The van der Waals surface area contributed by atoms with E-state index in [1.165, 1.54) is 0 Å². The van der Waals surface area contributed by atoms with Crippen molar-refractivity contribution in [2.45, 2.75) is 323 Å². The molecule has 4 aliphatic carbocycles. The number of esters is 1. The minimum absolute atomic E-state index is 0.169. The van der Waals surface area contributed by atoms with Crippen molar-refractivity contribution in [3.8, 4) is 0 Å². The number of aliphatic hydroxyl groups excluding tert-OH is 26. The van der Waals surface area contributed by atoms with E-state index in [2.05, 4.69) is 19.2 Å². The number of rotatable bonds is 24. The lowest BCUT2D eigenvalue weighted by Crippen LogP contribution is -2.69. The van der Waals surface area contributed by atoms with Crippen LogP contribution in [0.3, 0.4) is 0 Å². The molecule has 46 atom stereocenters. The monoisotopic (exact) mass is 1630 g/mol. The molecule has 4 saturated carbocycles. The van der Waals surface area contributed by atoms with Gasteiger partial charge in [-0.25, -0.2) is 0 Å². The zero-order valence-corrected chi connectivity index (χ0v) is 61.0. The van der Waals surface area contributed by atoms with E-state index in [1.54, 1.807) is 6.92 Å². The number of hydrogen-bond acceptors (Lipinski definition) is 43. The molecule has 112 heavy (non-hydrogen) atoms. The van der Waals surface area contributed by atoms with Gasteiger partial charge in [-0.1, -0.05) is 19.9 Å². The average Bonchev–Trinajstić information content (AvgIpc) is 1.48. The Kier molecular flexibility index (Phi) is 28.2. The fourth-order valence-electron chi connectivity index (χ4n) is 19.4. The molecule has 26 N–H and O–H groups in total. The number of ether oxygens (including phenoxy) is 16. The molecule has 8 heterocycles. The van der Waals surface area contributed by atoms with Gasteiger partial charge in [0, 0.05) is 5.57 Å². The van der Waals surface area contributed by atoms with E-state index < -0.39 is 332 Å². The second-order valence-electron chi connectivity index (χ2n) is 32.1. The summed E-state index contributed by atoms with van der Waals surface area (Å²) in [7, 11) is 0. The zero-order chi connectivity index (χ0) is 81.4. The molecule has 0 amide bonds. The van der Waals surface area contributed by atoms with E-state index in [0.29, 0.717) is 50.5 Å². The number of carbonyl (C=O) groups is 1. The fourth-order valence-corrected chi connectivity index (χ4v) is 19.4. The Bertz CT molecular complexity index is 3140. The van der Waals surface area contributed by atoms with Crippen molar-refractivity contribution in [2.75, 3.05) is 52.9 Å². The molecule has 0 aromatic heterocycles. The summed E-state index contributed by atoms with van der Waals surface area (Å²) in [5, 5.41) is 283. The first-order valence-corrected chi connectivity index (χ1v) is 37.7. The minimum atomic E-state index is -2.33. The molecule has 644 valence electrons. The van der Waals surface area contributed by atoms with Gasteiger partial charge in [0.25, 0.3) is 0 Å². The van der Waals surface area contributed by atoms with Crippen LogP contribution in [-0.2, 0) is 80.6 Å². The maximum absolute atomic E-state index is 14.9. The van der Waals surface area contributed by atoms with Crippen molar-refractivity contribution in [2.24, 2.45) is 28.1 Å². The third-order valence-corrected chi connectivity index (χ3v) is 25.6. The SMILES string of the molecule is C=C=C1CC23CCC4C(C)(C(=O)OC5OC(COC6OC(CO)C(O)C(O)C6O)C(O)C(O)C5O)CCCC4(C)C2CCC1(OC1OC(CO)C(O)C(OC2OC(CO)C(OC4OC(CO)C(OC5OC(CO)C(OC6OC(CO)C(O)C(O)C6O)C(O)C5O)C(O)C4O)C(O)C2O)C1OC1OC(CO)C(O)C(O)C1O)C3. The Hall–Kier alpha value is -2.65. The lowest BCUT2D eigenvalue weighted by Gasteiger charge is -2.64. The van der Waals surface area contributed by atoms with E-state index in [-0.39, 0.29) is 18.8 Å². The molecule has 43 nitrogen and oxygen atoms in total. The maximum atomic E-state index is 14.9. The molecule has 0 radical (unpaired) electrons. The van der Waals surface area contributed by atoms with E-state index in [9.17, 15) is 138 Å². The molecular weight excluding hydrogens is 1520 g/mol. The van der Waals surface area contributed by atoms with Crippen LogP contribution in [0.5, 0.6) is 0 Å². The second-order valence-corrected chi connectivity index (χ2v) is 32.1. The lowest BCUT2D eigenvalue weighted by atomic mass is 9.41. The van der Waals surface area contributed by atoms with Gasteiger partial charge in [-0.05, 0) is 81.0 Å². The van der Waals surface area contributed by atoms with Gasteiger partial charge in [0.05, 0.1) is 58.3 Å². The highest BCUT2D eigenvalue weighted by molar-refractivity contribution is 5.77. The van der Waals surface area contributed by atoms with Crippen LogP contribution in [0, 0.1) is 28.1 Å². The number of fused-ring (bicyclic) bond motifs is 3. The highest BCUT2D eigenvalue weighted by atomic mass is 16.8. The van der Waals surface area contributed by atoms with Gasteiger partial charge in [-0.15, -0.1) is 5.73 Å². The van der Waals surface area contributed by atoms with Crippen LogP contribution >= 0.6 is 0 Å². The van der Waals surface area contributed by atoms with E-state index >= 15 is 0 Å². The molecular formula is C69H110O43. The summed E-state index contributed by atoms with van der Waals surface area (Å²) in [5.74, 6) is -1.37. The molecule has 1 spiro atoms. The summed E-state index contributed by atoms with van der Waals surface area (Å²) in [6.45, 7) is 0.447. The lowest BCUT2D eigenvalue weighted by molar-refractivity contribution is -0.407. The summed E-state index contributed by atoms with van der Waals surface area (Å²) >= 11 is 0. The van der Waals surface area contributed by atoms with Crippen LogP contribution in [0.1, 0.15) is 71.6 Å². The second kappa shape index (κ2) is 35.6. The third-order valence-electron chi connectivity index (χ3n) is 25.6. The van der Waals surface area contributed by atoms with Gasteiger partial charge in [0.2, 0.25) is 6.29 Å².